The predicted octanol–water partition coefficient (Wildman–Crippen LogP) is 4.27. The van der Waals surface area contributed by atoms with Crippen molar-refractivity contribution >= 4 is 23.5 Å². The quantitative estimate of drug-likeness (QED) is 0.657. The van der Waals surface area contributed by atoms with Crippen LogP contribution in [0.4, 0.5) is 0 Å². The van der Waals surface area contributed by atoms with E-state index in [1.165, 1.54) is 26.4 Å². The largest absolute Gasteiger partial charge is 0.493 e. The summed E-state index contributed by atoms with van der Waals surface area (Å²) < 4.78 is 16.1. The molecule has 0 aromatic heterocycles. The van der Waals surface area contributed by atoms with Gasteiger partial charge in [0.2, 0.25) is 6.10 Å². The summed E-state index contributed by atoms with van der Waals surface area (Å²) in [6.07, 6.45) is 1.98. The first-order valence-corrected chi connectivity index (χ1v) is 9.89. The molecule has 1 heterocycles. The van der Waals surface area contributed by atoms with Gasteiger partial charge < -0.3 is 19.1 Å². The van der Waals surface area contributed by atoms with Gasteiger partial charge >= 0.3 is 5.97 Å². The standard InChI is InChI=1S/C22H24ClNO5/c1-27-18-14-16(13-17(23)20(18)28-2)22(26)29-19(15-9-5-3-6-10-15)21(25)24-11-7-4-8-12-24/h3,5-6,9-10,13-14,19H,4,7-8,11-12H2,1-2H3/t19-/m1/s1. The number of hydrogen-bond acceptors (Lipinski definition) is 5. The smallest absolute Gasteiger partial charge is 0.339 e. The number of carbonyl (C=O) groups is 2. The number of halogens is 1. The van der Waals surface area contributed by atoms with Crippen molar-refractivity contribution in [3.8, 4) is 11.5 Å². The first kappa shape index (κ1) is 21.0. The second kappa shape index (κ2) is 9.65. The van der Waals surface area contributed by atoms with Gasteiger partial charge in [0.15, 0.2) is 11.5 Å². The van der Waals surface area contributed by atoms with E-state index in [0.717, 1.165) is 19.3 Å². The van der Waals surface area contributed by atoms with Gasteiger partial charge in [-0.1, -0.05) is 41.9 Å². The monoisotopic (exact) mass is 417 g/mol. The molecule has 1 saturated heterocycles. The van der Waals surface area contributed by atoms with Gasteiger partial charge in [0.05, 0.1) is 24.8 Å². The van der Waals surface area contributed by atoms with Crippen molar-refractivity contribution in [3.63, 3.8) is 0 Å². The van der Waals surface area contributed by atoms with Crippen LogP contribution in [0.5, 0.6) is 11.5 Å². The van der Waals surface area contributed by atoms with Crippen LogP contribution in [-0.2, 0) is 9.53 Å². The summed E-state index contributed by atoms with van der Waals surface area (Å²) in [5.74, 6) is -0.233. The Hall–Kier alpha value is -2.73. The second-order valence-corrected chi connectivity index (χ2v) is 7.18. The highest BCUT2D eigenvalue weighted by atomic mass is 35.5. The molecule has 1 aliphatic rings. The SMILES string of the molecule is COc1cc(C(=O)O[C@@H](C(=O)N2CCCCC2)c2ccccc2)cc(Cl)c1OC. The van der Waals surface area contributed by atoms with E-state index in [-0.39, 0.29) is 16.5 Å². The van der Waals surface area contributed by atoms with Crippen LogP contribution in [0.2, 0.25) is 5.02 Å². The number of nitrogens with zero attached hydrogens (tertiary/aromatic N) is 1. The van der Waals surface area contributed by atoms with Crippen molar-refractivity contribution in [2.75, 3.05) is 27.3 Å². The lowest BCUT2D eigenvalue weighted by Crippen LogP contribution is -2.40. The van der Waals surface area contributed by atoms with E-state index in [1.807, 2.05) is 18.2 Å². The molecule has 3 rings (SSSR count). The number of ether oxygens (including phenoxy) is 3. The van der Waals surface area contributed by atoms with Crippen molar-refractivity contribution in [2.45, 2.75) is 25.4 Å². The number of rotatable bonds is 6. The highest BCUT2D eigenvalue weighted by molar-refractivity contribution is 6.32. The van der Waals surface area contributed by atoms with Crippen LogP contribution >= 0.6 is 11.6 Å². The van der Waals surface area contributed by atoms with Crippen LogP contribution in [0, 0.1) is 0 Å². The van der Waals surface area contributed by atoms with Crippen molar-refractivity contribution in [1.82, 2.24) is 4.90 Å². The zero-order chi connectivity index (χ0) is 20.8. The van der Waals surface area contributed by atoms with Crippen molar-refractivity contribution in [1.29, 1.82) is 0 Å². The molecule has 2 aromatic rings. The number of benzene rings is 2. The van der Waals surface area contributed by atoms with Gasteiger partial charge in [0.1, 0.15) is 0 Å². The van der Waals surface area contributed by atoms with E-state index in [1.54, 1.807) is 17.0 Å². The zero-order valence-electron chi connectivity index (χ0n) is 16.5. The molecule has 6 nitrogen and oxygen atoms in total. The molecule has 0 N–H and O–H groups in total. The van der Waals surface area contributed by atoms with Gasteiger partial charge in [-0.25, -0.2) is 4.79 Å². The Morgan fingerprint density at radius 3 is 2.31 bits per heavy atom. The first-order chi connectivity index (χ1) is 14.0. The number of esters is 1. The molecule has 154 valence electrons. The Kier molecular flexibility index (Phi) is 6.99. The molecular weight excluding hydrogens is 394 g/mol. The van der Waals surface area contributed by atoms with E-state index >= 15 is 0 Å². The lowest BCUT2D eigenvalue weighted by atomic mass is 10.1. The summed E-state index contributed by atoms with van der Waals surface area (Å²) >= 11 is 6.21. The third-order valence-corrected chi connectivity index (χ3v) is 5.17. The lowest BCUT2D eigenvalue weighted by Gasteiger charge is -2.30. The van der Waals surface area contributed by atoms with E-state index in [2.05, 4.69) is 0 Å². The number of likely N-dealkylation sites (tertiary alicyclic amines) is 1. The highest BCUT2D eigenvalue weighted by Crippen LogP contribution is 2.36. The van der Waals surface area contributed by atoms with Crippen molar-refractivity contribution in [3.05, 3.63) is 58.6 Å². The number of piperidine rings is 1. The molecule has 1 amide bonds. The molecule has 2 aromatic carbocycles. The molecule has 1 aliphatic heterocycles. The van der Waals surface area contributed by atoms with Gasteiger partial charge in [0.25, 0.3) is 5.91 Å². The van der Waals surface area contributed by atoms with Crippen LogP contribution in [0.25, 0.3) is 0 Å². The third-order valence-electron chi connectivity index (χ3n) is 4.89. The molecule has 1 fully saturated rings. The zero-order valence-corrected chi connectivity index (χ0v) is 17.3. The van der Waals surface area contributed by atoms with Crippen LogP contribution in [0.3, 0.4) is 0 Å². The molecule has 0 unspecified atom stereocenters. The molecule has 0 saturated carbocycles. The predicted molar refractivity (Wildman–Crippen MR) is 110 cm³/mol. The molecule has 0 bridgehead atoms. The highest BCUT2D eigenvalue weighted by Gasteiger charge is 2.31. The number of amides is 1. The average Bonchev–Trinajstić information content (AvgIpc) is 2.77. The first-order valence-electron chi connectivity index (χ1n) is 9.51. The molecule has 0 radical (unpaired) electrons. The summed E-state index contributed by atoms with van der Waals surface area (Å²) in [6.45, 7) is 1.34. The Balaban J connectivity index is 1.88. The summed E-state index contributed by atoms with van der Waals surface area (Å²) in [5.41, 5.74) is 0.808. The van der Waals surface area contributed by atoms with E-state index in [9.17, 15) is 9.59 Å². The molecular formula is C22H24ClNO5. The minimum absolute atomic E-state index is 0.181. The molecule has 0 spiro atoms. The fourth-order valence-electron chi connectivity index (χ4n) is 3.38. The summed E-state index contributed by atoms with van der Waals surface area (Å²) in [4.78, 5) is 27.8. The Morgan fingerprint density at radius 1 is 1.00 bits per heavy atom. The number of carbonyl (C=O) groups excluding carboxylic acids is 2. The second-order valence-electron chi connectivity index (χ2n) is 6.78. The van der Waals surface area contributed by atoms with Crippen LogP contribution in [-0.4, -0.2) is 44.1 Å². The minimum Gasteiger partial charge on any atom is -0.493 e. The fraction of sp³-hybridized carbons (Fsp3) is 0.364. The minimum atomic E-state index is -1.02. The van der Waals surface area contributed by atoms with Gasteiger partial charge in [0, 0.05) is 18.7 Å². The average molecular weight is 418 g/mol. The fourth-order valence-corrected chi connectivity index (χ4v) is 3.67. The van der Waals surface area contributed by atoms with Crippen molar-refractivity contribution < 1.29 is 23.8 Å². The Morgan fingerprint density at radius 2 is 1.69 bits per heavy atom. The number of methoxy groups -OCH3 is 2. The topological polar surface area (TPSA) is 65.1 Å². The summed E-state index contributed by atoms with van der Waals surface area (Å²) in [5, 5.41) is 0.220. The molecule has 0 aliphatic carbocycles. The maximum absolute atomic E-state index is 13.1. The third kappa shape index (κ3) is 4.82. The lowest BCUT2D eigenvalue weighted by molar-refractivity contribution is -0.142. The van der Waals surface area contributed by atoms with Gasteiger partial charge in [-0.3, -0.25) is 4.79 Å². The summed E-state index contributed by atoms with van der Waals surface area (Å²) in [7, 11) is 2.92. The maximum Gasteiger partial charge on any atom is 0.339 e. The van der Waals surface area contributed by atoms with Crippen LogP contribution in [0.1, 0.15) is 41.3 Å². The maximum atomic E-state index is 13.1. The Labute approximate surface area is 175 Å². The normalized spacial score (nSPS) is 14.8. The van der Waals surface area contributed by atoms with Gasteiger partial charge in [-0.2, -0.15) is 0 Å². The Bertz CT molecular complexity index is 865. The van der Waals surface area contributed by atoms with E-state index in [0.29, 0.717) is 30.2 Å². The molecule has 29 heavy (non-hydrogen) atoms. The van der Waals surface area contributed by atoms with Gasteiger partial charge in [-0.05, 0) is 31.4 Å². The van der Waals surface area contributed by atoms with E-state index in [4.69, 9.17) is 25.8 Å². The molecule has 7 heteroatoms. The van der Waals surface area contributed by atoms with Crippen LogP contribution in [0.15, 0.2) is 42.5 Å². The van der Waals surface area contributed by atoms with E-state index < -0.39 is 12.1 Å². The number of hydrogen-bond donors (Lipinski definition) is 0. The molecule has 1 atom stereocenters. The van der Waals surface area contributed by atoms with Crippen LogP contribution < -0.4 is 9.47 Å². The van der Waals surface area contributed by atoms with Gasteiger partial charge in [-0.15, -0.1) is 0 Å². The summed E-state index contributed by atoms with van der Waals surface area (Å²) in [6, 6.07) is 12.0. The van der Waals surface area contributed by atoms with Crippen molar-refractivity contribution in [2.24, 2.45) is 0 Å².